The second kappa shape index (κ2) is 9.30. The Bertz CT molecular complexity index is 700. The summed E-state index contributed by atoms with van der Waals surface area (Å²) in [6.07, 6.45) is 5.68. The topological polar surface area (TPSA) is 59.1 Å². The fraction of sp³-hybridized carbons (Fsp3) is 0.636. The number of ether oxygens (including phenoxy) is 2. The van der Waals surface area contributed by atoms with Crippen molar-refractivity contribution >= 4 is 11.8 Å². The first-order chi connectivity index (χ1) is 13.6. The smallest absolute Gasteiger partial charge is 0.228 e. The van der Waals surface area contributed by atoms with Crippen molar-refractivity contribution in [3.05, 3.63) is 23.8 Å². The Labute approximate surface area is 167 Å². The number of amides is 2. The van der Waals surface area contributed by atoms with E-state index in [9.17, 15) is 9.59 Å². The molecule has 1 aliphatic heterocycles. The molecular weight excluding hydrogens is 356 g/mol. The van der Waals surface area contributed by atoms with Crippen molar-refractivity contribution < 1.29 is 19.1 Å². The fourth-order valence-electron chi connectivity index (χ4n) is 4.50. The van der Waals surface area contributed by atoms with Crippen LogP contribution < -0.4 is 9.47 Å². The van der Waals surface area contributed by atoms with Crippen molar-refractivity contribution in [2.24, 2.45) is 5.92 Å². The molecule has 3 rings (SSSR count). The summed E-state index contributed by atoms with van der Waals surface area (Å²) < 4.78 is 10.6. The lowest BCUT2D eigenvalue weighted by molar-refractivity contribution is -0.137. The van der Waals surface area contributed by atoms with Gasteiger partial charge in [-0.3, -0.25) is 9.59 Å². The van der Waals surface area contributed by atoms with Crippen LogP contribution >= 0.6 is 0 Å². The predicted octanol–water partition coefficient (Wildman–Crippen LogP) is 2.89. The predicted molar refractivity (Wildman–Crippen MR) is 108 cm³/mol. The molecule has 6 heteroatoms. The van der Waals surface area contributed by atoms with Gasteiger partial charge in [0, 0.05) is 32.1 Å². The first-order valence-corrected chi connectivity index (χ1v) is 10.4. The lowest BCUT2D eigenvalue weighted by Crippen LogP contribution is -2.43. The third-order valence-corrected chi connectivity index (χ3v) is 6.07. The first-order valence-electron chi connectivity index (χ1n) is 10.4. The molecule has 1 aromatic rings. The molecular formula is C22H32N2O4. The van der Waals surface area contributed by atoms with Crippen molar-refractivity contribution in [2.45, 2.75) is 51.5 Å². The van der Waals surface area contributed by atoms with Crippen LogP contribution in [0.25, 0.3) is 0 Å². The van der Waals surface area contributed by atoms with Crippen LogP contribution in [0.1, 0.15) is 44.6 Å². The van der Waals surface area contributed by atoms with Gasteiger partial charge in [-0.25, -0.2) is 0 Å². The van der Waals surface area contributed by atoms with Crippen LogP contribution in [0.2, 0.25) is 0 Å². The number of rotatable bonds is 8. The van der Waals surface area contributed by atoms with E-state index in [0.29, 0.717) is 37.1 Å². The molecule has 0 N–H and O–H groups in total. The van der Waals surface area contributed by atoms with E-state index in [1.54, 1.807) is 14.2 Å². The molecule has 6 nitrogen and oxygen atoms in total. The summed E-state index contributed by atoms with van der Waals surface area (Å²) in [5.74, 6) is 1.44. The molecule has 28 heavy (non-hydrogen) atoms. The zero-order valence-corrected chi connectivity index (χ0v) is 17.3. The Morgan fingerprint density at radius 1 is 1.18 bits per heavy atom. The van der Waals surface area contributed by atoms with Crippen molar-refractivity contribution in [1.29, 1.82) is 0 Å². The summed E-state index contributed by atoms with van der Waals surface area (Å²) in [6.45, 7) is 3.93. The molecule has 0 aromatic heterocycles. The molecule has 1 unspecified atom stereocenters. The van der Waals surface area contributed by atoms with Gasteiger partial charge in [0.2, 0.25) is 11.8 Å². The van der Waals surface area contributed by atoms with Gasteiger partial charge >= 0.3 is 0 Å². The largest absolute Gasteiger partial charge is 0.493 e. The van der Waals surface area contributed by atoms with Gasteiger partial charge < -0.3 is 19.3 Å². The van der Waals surface area contributed by atoms with Gasteiger partial charge in [0.1, 0.15) is 0 Å². The number of methoxy groups -OCH3 is 2. The average molecular weight is 389 g/mol. The number of hydrogen-bond donors (Lipinski definition) is 0. The third kappa shape index (κ3) is 4.42. The number of hydrogen-bond acceptors (Lipinski definition) is 4. The number of likely N-dealkylation sites (tertiary alicyclic amines) is 1. The van der Waals surface area contributed by atoms with E-state index in [4.69, 9.17) is 9.47 Å². The molecule has 2 fully saturated rings. The Morgan fingerprint density at radius 3 is 2.54 bits per heavy atom. The van der Waals surface area contributed by atoms with Crippen LogP contribution in [0.3, 0.4) is 0 Å². The van der Waals surface area contributed by atoms with Gasteiger partial charge in [-0.05, 0) is 43.9 Å². The molecule has 2 aliphatic rings. The van der Waals surface area contributed by atoms with Gasteiger partial charge in [0.05, 0.1) is 20.1 Å². The van der Waals surface area contributed by atoms with Gasteiger partial charge in [0.25, 0.3) is 0 Å². The Balaban J connectivity index is 1.58. The summed E-state index contributed by atoms with van der Waals surface area (Å²) in [5.41, 5.74) is 1.08. The Hall–Kier alpha value is -2.24. The molecule has 0 bridgehead atoms. The van der Waals surface area contributed by atoms with Crippen molar-refractivity contribution in [3.63, 3.8) is 0 Å². The highest BCUT2D eigenvalue weighted by Gasteiger charge is 2.38. The quantitative estimate of drug-likeness (QED) is 0.687. The summed E-state index contributed by atoms with van der Waals surface area (Å²) in [7, 11) is 3.23. The van der Waals surface area contributed by atoms with E-state index >= 15 is 0 Å². The van der Waals surface area contributed by atoms with E-state index in [1.807, 2.05) is 34.9 Å². The highest BCUT2D eigenvalue weighted by molar-refractivity contribution is 5.89. The maximum atomic E-state index is 13.0. The van der Waals surface area contributed by atoms with Crippen molar-refractivity contribution in [3.8, 4) is 11.5 Å². The van der Waals surface area contributed by atoms with Crippen LogP contribution in [-0.2, 0) is 16.0 Å². The van der Waals surface area contributed by atoms with Gasteiger partial charge in [-0.15, -0.1) is 0 Å². The van der Waals surface area contributed by atoms with E-state index in [-0.39, 0.29) is 17.7 Å². The van der Waals surface area contributed by atoms with Crippen molar-refractivity contribution in [2.75, 3.05) is 33.9 Å². The zero-order valence-electron chi connectivity index (χ0n) is 17.3. The summed E-state index contributed by atoms with van der Waals surface area (Å²) in [5, 5.41) is 0. The molecule has 0 radical (unpaired) electrons. The first kappa shape index (κ1) is 20.5. The van der Waals surface area contributed by atoms with E-state index < -0.39 is 0 Å². The minimum Gasteiger partial charge on any atom is -0.493 e. The molecule has 1 saturated carbocycles. The standard InChI is InChI=1S/C22H32N2O4/c1-4-24(18-7-5-6-8-18)22(26)17-14-21(25)23(15-17)12-11-16-9-10-19(27-2)20(13-16)28-3/h9-10,13,17-18H,4-8,11-12,14-15H2,1-3H3. The third-order valence-electron chi connectivity index (χ3n) is 6.07. The van der Waals surface area contributed by atoms with E-state index in [0.717, 1.165) is 31.4 Å². The lowest BCUT2D eigenvalue weighted by atomic mass is 10.1. The summed E-state index contributed by atoms with van der Waals surface area (Å²) in [4.78, 5) is 29.3. The molecule has 1 atom stereocenters. The maximum Gasteiger partial charge on any atom is 0.228 e. The Morgan fingerprint density at radius 2 is 1.89 bits per heavy atom. The van der Waals surface area contributed by atoms with E-state index in [2.05, 4.69) is 0 Å². The highest BCUT2D eigenvalue weighted by atomic mass is 16.5. The monoisotopic (exact) mass is 388 g/mol. The van der Waals surface area contributed by atoms with Gasteiger partial charge in [-0.2, -0.15) is 0 Å². The molecule has 1 saturated heterocycles. The number of carbonyl (C=O) groups excluding carboxylic acids is 2. The number of nitrogens with zero attached hydrogens (tertiary/aromatic N) is 2. The second-order valence-electron chi connectivity index (χ2n) is 7.74. The SMILES string of the molecule is CCN(C(=O)C1CC(=O)N(CCc2ccc(OC)c(OC)c2)C1)C1CCCC1. The number of benzene rings is 1. The Kier molecular flexibility index (Phi) is 6.81. The number of carbonyl (C=O) groups is 2. The lowest BCUT2D eigenvalue weighted by Gasteiger charge is -2.30. The maximum absolute atomic E-state index is 13.0. The zero-order chi connectivity index (χ0) is 20.1. The van der Waals surface area contributed by atoms with Crippen LogP contribution in [0.4, 0.5) is 0 Å². The van der Waals surface area contributed by atoms with Crippen LogP contribution in [0.15, 0.2) is 18.2 Å². The van der Waals surface area contributed by atoms with Crippen molar-refractivity contribution in [1.82, 2.24) is 9.80 Å². The van der Waals surface area contributed by atoms with Crippen LogP contribution in [0.5, 0.6) is 11.5 Å². The van der Waals surface area contributed by atoms with E-state index in [1.165, 1.54) is 12.8 Å². The van der Waals surface area contributed by atoms with Crippen LogP contribution in [0, 0.1) is 5.92 Å². The minimum absolute atomic E-state index is 0.0845. The van der Waals surface area contributed by atoms with Gasteiger partial charge in [-0.1, -0.05) is 18.9 Å². The van der Waals surface area contributed by atoms with Crippen LogP contribution in [-0.4, -0.2) is 61.5 Å². The highest BCUT2D eigenvalue weighted by Crippen LogP contribution is 2.29. The normalized spacial score (nSPS) is 19.9. The fourth-order valence-corrected chi connectivity index (χ4v) is 4.50. The molecule has 1 aromatic carbocycles. The molecule has 0 spiro atoms. The summed E-state index contributed by atoms with van der Waals surface area (Å²) >= 11 is 0. The molecule has 1 aliphatic carbocycles. The summed E-state index contributed by atoms with van der Waals surface area (Å²) in [6, 6.07) is 6.19. The minimum atomic E-state index is -0.196. The molecule has 2 amide bonds. The van der Waals surface area contributed by atoms with Gasteiger partial charge in [0.15, 0.2) is 11.5 Å². The molecule has 154 valence electrons. The average Bonchev–Trinajstić information content (AvgIpc) is 3.36. The molecule has 1 heterocycles. The second-order valence-corrected chi connectivity index (χ2v) is 7.74.